The molecule has 0 atom stereocenters. The van der Waals surface area contributed by atoms with Crippen LogP contribution in [0.15, 0.2) is 22.7 Å². The molecule has 0 bridgehead atoms. The van der Waals surface area contributed by atoms with Gasteiger partial charge in [-0.25, -0.2) is 0 Å². The quantitative estimate of drug-likeness (QED) is 0.531. The summed E-state index contributed by atoms with van der Waals surface area (Å²) in [6.45, 7) is -0.423. The Balaban J connectivity index is 2.64. The van der Waals surface area contributed by atoms with Gasteiger partial charge in [0.2, 0.25) is 11.8 Å². The summed E-state index contributed by atoms with van der Waals surface area (Å²) in [6, 6.07) is 3.93. The van der Waals surface area contributed by atoms with Crippen LogP contribution in [0.3, 0.4) is 0 Å². The van der Waals surface area contributed by atoms with Crippen molar-refractivity contribution in [2.24, 2.45) is 5.73 Å². The number of hydrogen-bond acceptors (Lipinski definition) is 5. The van der Waals surface area contributed by atoms with E-state index in [1.54, 1.807) is 0 Å². The maximum atomic E-state index is 11.5. The van der Waals surface area contributed by atoms with E-state index in [4.69, 9.17) is 5.73 Å². The minimum Gasteiger partial charge on any atom is -0.346 e. The Bertz CT molecular complexity index is 520. The van der Waals surface area contributed by atoms with Crippen molar-refractivity contribution in [2.75, 3.05) is 18.4 Å². The molecule has 0 aromatic heterocycles. The van der Waals surface area contributed by atoms with Crippen LogP contribution in [0.2, 0.25) is 0 Å². The zero-order valence-corrected chi connectivity index (χ0v) is 11.3. The molecule has 1 rings (SSSR count). The largest absolute Gasteiger partial charge is 0.346 e. The van der Waals surface area contributed by atoms with E-state index in [-0.39, 0.29) is 18.8 Å². The van der Waals surface area contributed by atoms with Gasteiger partial charge in [0.15, 0.2) is 0 Å². The third-order valence-corrected chi connectivity index (χ3v) is 2.73. The van der Waals surface area contributed by atoms with Gasteiger partial charge in [0.05, 0.1) is 23.7 Å². The molecule has 4 N–H and O–H groups in total. The van der Waals surface area contributed by atoms with Crippen LogP contribution in [0.25, 0.3) is 0 Å². The molecule has 1 aromatic rings. The molecule has 0 spiro atoms. The van der Waals surface area contributed by atoms with Crippen LogP contribution in [-0.2, 0) is 9.59 Å². The normalized spacial score (nSPS) is 9.79. The topological polar surface area (TPSA) is 127 Å². The van der Waals surface area contributed by atoms with Crippen molar-refractivity contribution in [1.29, 1.82) is 0 Å². The van der Waals surface area contributed by atoms with E-state index in [1.165, 1.54) is 18.2 Å². The second kappa shape index (κ2) is 6.81. The fraction of sp³-hybridized carbons (Fsp3) is 0.200. The van der Waals surface area contributed by atoms with E-state index in [9.17, 15) is 19.7 Å². The van der Waals surface area contributed by atoms with Gasteiger partial charge in [-0.15, -0.1) is 0 Å². The predicted molar refractivity (Wildman–Crippen MR) is 71.5 cm³/mol. The number of benzene rings is 1. The Labute approximate surface area is 116 Å². The van der Waals surface area contributed by atoms with E-state index in [1.807, 2.05) is 0 Å². The second-order valence-electron chi connectivity index (χ2n) is 3.45. The number of nitrogens with zero attached hydrogens (tertiary/aromatic N) is 1. The van der Waals surface area contributed by atoms with Crippen LogP contribution < -0.4 is 16.4 Å². The number of nitrogens with one attached hydrogen (secondary N) is 2. The van der Waals surface area contributed by atoms with Crippen molar-refractivity contribution in [3.63, 3.8) is 0 Å². The minimum absolute atomic E-state index is 0.0960. The van der Waals surface area contributed by atoms with Gasteiger partial charge in [0, 0.05) is 16.6 Å². The minimum atomic E-state index is -0.544. The van der Waals surface area contributed by atoms with Crippen molar-refractivity contribution in [3.05, 3.63) is 32.8 Å². The van der Waals surface area contributed by atoms with Crippen LogP contribution in [-0.4, -0.2) is 29.8 Å². The molecule has 8 nitrogen and oxygen atoms in total. The van der Waals surface area contributed by atoms with E-state index >= 15 is 0 Å². The zero-order chi connectivity index (χ0) is 14.4. The monoisotopic (exact) mass is 330 g/mol. The molecule has 102 valence electrons. The Morgan fingerprint density at radius 2 is 2.05 bits per heavy atom. The fourth-order valence-corrected chi connectivity index (χ4v) is 1.63. The summed E-state index contributed by atoms with van der Waals surface area (Å²) in [5, 5.41) is 15.3. The number of nitro benzene ring substituents is 1. The Morgan fingerprint density at radius 1 is 1.37 bits per heavy atom. The number of carbonyl (C=O) groups excluding carboxylic acids is 2. The third kappa shape index (κ3) is 4.64. The molecular weight excluding hydrogens is 320 g/mol. The summed E-state index contributed by atoms with van der Waals surface area (Å²) in [4.78, 5) is 32.3. The van der Waals surface area contributed by atoms with Crippen LogP contribution in [0.1, 0.15) is 0 Å². The van der Waals surface area contributed by atoms with Crippen LogP contribution in [0, 0.1) is 10.1 Å². The predicted octanol–water partition coefficient (Wildman–Crippen LogP) is 0.371. The number of anilines is 1. The molecular formula is C10H11BrN4O4. The maximum Gasteiger partial charge on any atom is 0.270 e. The molecule has 0 heterocycles. The Morgan fingerprint density at radius 3 is 2.58 bits per heavy atom. The lowest BCUT2D eigenvalue weighted by atomic mass is 10.3. The lowest BCUT2D eigenvalue weighted by Gasteiger charge is -2.07. The average molecular weight is 331 g/mol. The standard InChI is InChI=1S/C10H11BrN4O4/c11-7-3-6(15(18)19)1-2-8(7)14-10(17)5-13-9(16)4-12/h1-3H,4-5,12H2,(H,13,16)(H,14,17). The van der Waals surface area contributed by atoms with Crippen molar-refractivity contribution in [1.82, 2.24) is 5.32 Å². The highest BCUT2D eigenvalue weighted by Gasteiger charge is 2.11. The van der Waals surface area contributed by atoms with Gasteiger partial charge < -0.3 is 16.4 Å². The SMILES string of the molecule is NCC(=O)NCC(=O)Nc1ccc([N+](=O)[O-])cc1Br. The Hall–Kier alpha value is -2.00. The van der Waals surface area contributed by atoms with Crippen molar-refractivity contribution in [2.45, 2.75) is 0 Å². The number of amides is 2. The molecule has 0 aliphatic heterocycles. The number of nitro groups is 1. The van der Waals surface area contributed by atoms with E-state index in [2.05, 4.69) is 26.6 Å². The van der Waals surface area contributed by atoms with Gasteiger partial charge in [-0.1, -0.05) is 0 Å². The molecule has 19 heavy (non-hydrogen) atoms. The van der Waals surface area contributed by atoms with Gasteiger partial charge in [0.1, 0.15) is 0 Å². The number of halogens is 1. The molecule has 0 fully saturated rings. The highest BCUT2D eigenvalue weighted by molar-refractivity contribution is 9.10. The van der Waals surface area contributed by atoms with Gasteiger partial charge in [-0.05, 0) is 22.0 Å². The molecule has 0 saturated heterocycles. The second-order valence-corrected chi connectivity index (χ2v) is 4.30. The number of hydrogen-bond donors (Lipinski definition) is 3. The fourth-order valence-electron chi connectivity index (χ4n) is 1.16. The lowest BCUT2D eigenvalue weighted by Crippen LogP contribution is -2.36. The molecule has 0 radical (unpaired) electrons. The molecule has 9 heteroatoms. The van der Waals surface area contributed by atoms with Crippen molar-refractivity contribution in [3.8, 4) is 0 Å². The molecule has 1 aromatic carbocycles. The van der Waals surface area contributed by atoms with Crippen LogP contribution >= 0.6 is 15.9 Å². The highest BCUT2D eigenvalue weighted by atomic mass is 79.9. The average Bonchev–Trinajstić information content (AvgIpc) is 2.38. The number of non-ortho nitro benzene ring substituents is 1. The Kier molecular flexibility index (Phi) is 5.39. The third-order valence-electron chi connectivity index (χ3n) is 2.07. The molecule has 0 aliphatic rings. The summed E-state index contributed by atoms with van der Waals surface area (Å²) in [6.07, 6.45) is 0. The van der Waals surface area contributed by atoms with Gasteiger partial charge in [-0.2, -0.15) is 0 Å². The highest BCUT2D eigenvalue weighted by Crippen LogP contribution is 2.26. The number of rotatable bonds is 5. The molecule has 0 unspecified atom stereocenters. The summed E-state index contributed by atoms with van der Waals surface area (Å²) in [7, 11) is 0. The molecule has 2 amide bonds. The first kappa shape index (κ1) is 15.1. The maximum absolute atomic E-state index is 11.5. The molecule has 0 saturated carbocycles. The van der Waals surface area contributed by atoms with Gasteiger partial charge >= 0.3 is 0 Å². The summed E-state index contributed by atoms with van der Waals surface area (Å²) < 4.78 is 0.375. The van der Waals surface area contributed by atoms with Gasteiger partial charge in [-0.3, -0.25) is 19.7 Å². The van der Waals surface area contributed by atoms with Crippen LogP contribution in [0.4, 0.5) is 11.4 Å². The van der Waals surface area contributed by atoms with E-state index in [0.29, 0.717) is 10.2 Å². The van der Waals surface area contributed by atoms with Crippen molar-refractivity contribution < 1.29 is 14.5 Å². The zero-order valence-electron chi connectivity index (χ0n) is 9.68. The van der Waals surface area contributed by atoms with E-state index in [0.717, 1.165) is 0 Å². The first-order valence-corrected chi connectivity index (χ1v) is 5.94. The van der Waals surface area contributed by atoms with Crippen molar-refractivity contribution >= 4 is 39.1 Å². The summed E-state index contributed by atoms with van der Waals surface area (Å²) in [5.41, 5.74) is 5.34. The molecule has 0 aliphatic carbocycles. The summed E-state index contributed by atoms with van der Waals surface area (Å²) >= 11 is 3.11. The lowest BCUT2D eigenvalue weighted by molar-refractivity contribution is -0.384. The number of carbonyl (C=O) groups is 2. The summed E-state index contributed by atoms with van der Waals surface area (Å²) in [5.74, 6) is -0.908. The van der Waals surface area contributed by atoms with Gasteiger partial charge in [0.25, 0.3) is 5.69 Å². The van der Waals surface area contributed by atoms with E-state index < -0.39 is 16.7 Å². The smallest absolute Gasteiger partial charge is 0.270 e. The van der Waals surface area contributed by atoms with Crippen LogP contribution in [0.5, 0.6) is 0 Å². The first-order chi connectivity index (χ1) is 8.93. The number of nitrogens with two attached hydrogens (primary N) is 1. The first-order valence-electron chi connectivity index (χ1n) is 5.14.